The van der Waals surface area contributed by atoms with Crippen molar-refractivity contribution in [3.05, 3.63) is 79.6 Å². The highest BCUT2D eigenvalue weighted by molar-refractivity contribution is 7.98. The summed E-state index contributed by atoms with van der Waals surface area (Å²) in [6, 6.07) is 10.4. The highest BCUT2D eigenvalue weighted by atomic mass is 35.5. The molecule has 0 fully saturated rings. The SMILES string of the molecule is Cc1ccc2nc(CSc3nc4cc(Cl)ccc4c(=O)n3CCC(C)C)cc(=O)n2c1. The Labute approximate surface area is 188 Å². The third-order valence-electron chi connectivity index (χ3n) is 5.02. The van der Waals surface area contributed by atoms with Crippen molar-refractivity contribution in [3.63, 3.8) is 0 Å². The van der Waals surface area contributed by atoms with E-state index in [9.17, 15) is 9.59 Å². The van der Waals surface area contributed by atoms with Gasteiger partial charge < -0.3 is 0 Å². The first-order valence-corrected chi connectivity index (χ1v) is 11.5. The third kappa shape index (κ3) is 4.67. The van der Waals surface area contributed by atoms with Crippen LogP contribution < -0.4 is 11.1 Å². The van der Waals surface area contributed by atoms with E-state index in [4.69, 9.17) is 16.6 Å². The maximum atomic E-state index is 13.1. The number of hydrogen-bond acceptors (Lipinski definition) is 5. The minimum absolute atomic E-state index is 0.0770. The smallest absolute Gasteiger partial charge is 0.262 e. The summed E-state index contributed by atoms with van der Waals surface area (Å²) in [7, 11) is 0. The third-order valence-corrected chi connectivity index (χ3v) is 6.27. The summed E-state index contributed by atoms with van der Waals surface area (Å²) < 4.78 is 3.26. The molecule has 1 aromatic carbocycles. The summed E-state index contributed by atoms with van der Waals surface area (Å²) >= 11 is 7.53. The van der Waals surface area contributed by atoms with Crippen molar-refractivity contribution in [2.45, 2.75) is 44.6 Å². The average molecular weight is 455 g/mol. The maximum absolute atomic E-state index is 13.1. The van der Waals surface area contributed by atoms with Crippen molar-refractivity contribution >= 4 is 39.9 Å². The van der Waals surface area contributed by atoms with Gasteiger partial charge in [0.05, 0.1) is 16.6 Å². The van der Waals surface area contributed by atoms with Gasteiger partial charge in [-0.2, -0.15) is 0 Å². The average Bonchev–Trinajstić information content (AvgIpc) is 2.72. The van der Waals surface area contributed by atoms with Crippen LogP contribution in [0.2, 0.25) is 5.02 Å². The Morgan fingerprint density at radius 1 is 1.10 bits per heavy atom. The molecule has 0 N–H and O–H groups in total. The fourth-order valence-electron chi connectivity index (χ4n) is 3.34. The standard InChI is InChI=1S/C23H23ClN4O2S/c1-14(2)8-9-27-22(30)18-6-5-16(24)10-19(18)26-23(27)31-13-17-11-21(29)28-12-15(3)4-7-20(28)25-17/h4-7,10-12,14H,8-9,13H2,1-3H3. The quantitative estimate of drug-likeness (QED) is 0.312. The molecule has 0 aliphatic carbocycles. The molecular weight excluding hydrogens is 432 g/mol. The van der Waals surface area contributed by atoms with Crippen molar-refractivity contribution < 1.29 is 0 Å². The fourth-order valence-corrected chi connectivity index (χ4v) is 4.42. The molecule has 0 saturated carbocycles. The summed E-state index contributed by atoms with van der Waals surface area (Å²) in [6.07, 6.45) is 2.64. The zero-order valence-electron chi connectivity index (χ0n) is 17.6. The van der Waals surface area contributed by atoms with Gasteiger partial charge in [-0.15, -0.1) is 0 Å². The largest absolute Gasteiger partial charge is 0.287 e. The molecule has 0 bridgehead atoms. The summed E-state index contributed by atoms with van der Waals surface area (Å²) in [5.74, 6) is 0.885. The van der Waals surface area contributed by atoms with Crippen LogP contribution in [0.1, 0.15) is 31.5 Å². The van der Waals surface area contributed by atoms with Crippen molar-refractivity contribution in [2.24, 2.45) is 5.92 Å². The Bertz CT molecular complexity index is 1390. The summed E-state index contributed by atoms with van der Waals surface area (Å²) in [5.41, 5.74) is 2.61. The molecule has 0 atom stereocenters. The minimum atomic E-state index is -0.125. The molecule has 3 aromatic heterocycles. The summed E-state index contributed by atoms with van der Waals surface area (Å²) in [4.78, 5) is 35.0. The highest BCUT2D eigenvalue weighted by Crippen LogP contribution is 2.23. The minimum Gasteiger partial charge on any atom is -0.287 e. The van der Waals surface area contributed by atoms with E-state index in [-0.39, 0.29) is 11.1 Å². The molecule has 4 rings (SSSR count). The van der Waals surface area contributed by atoms with Gasteiger partial charge in [0, 0.05) is 29.6 Å². The van der Waals surface area contributed by atoms with E-state index in [0.717, 1.165) is 12.0 Å². The molecule has 0 aliphatic heterocycles. The van der Waals surface area contributed by atoms with Crippen LogP contribution in [0.4, 0.5) is 0 Å². The van der Waals surface area contributed by atoms with Crippen LogP contribution in [0.25, 0.3) is 16.6 Å². The lowest BCUT2D eigenvalue weighted by atomic mass is 10.1. The molecule has 31 heavy (non-hydrogen) atoms. The van der Waals surface area contributed by atoms with Gasteiger partial charge in [-0.05, 0) is 49.1 Å². The first kappa shape index (κ1) is 21.6. The van der Waals surface area contributed by atoms with Gasteiger partial charge in [0.25, 0.3) is 11.1 Å². The van der Waals surface area contributed by atoms with Crippen LogP contribution in [0.3, 0.4) is 0 Å². The van der Waals surface area contributed by atoms with Crippen molar-refractivity contribution in [3.8, 4) is 0 Å². The molecule has 0 saturated heterocycles. The summed E-state index contributed by atoms with van der Waals surface area (Å²) in [6.45, 7) is 6.77. The number of thioether (sulfide) groups is 1. The molecule has 0 amide bonds. The Kier molecular flexibility index (Phi) is 6.16. The van der Waals surface area contributed by atoms with Crippen LogP contribution in [0, 0.1) is 12.8 Å². The number of pyridine rings is 1. The Morgan fingerprint density at radius 2 is 1.90 bits per heavy atom. The van der Waals surface area contributed by atoms with Gasteiger partial charge in [-0.3, -0.25) is 18.6 Å². The van der Waals surface area contributed by atoms with Crippen LogP contribution in [-0.4, -0.2) is 18.9 Å². The van der Waals surface area contributed by atoms with E-state index in [0.29, 0.717) is 50.6 Å². The maximum Gasteiger partial charge on any atom is 0.262 e. The predicted octanol–water partition coefficient (Wildman–Crippen LogP) is 4.70. The highest BCUT2D eigenvalue weighted by Gasteiger charge is 2.14. The second-order valence-electron chi connectivity index (χ2n) is 8.00. The van der Waals surface area contributed by atoms with Gasteiger partial charge in [0.15, 0.2) is 5.16 Å². The lowest BCUT2D eigenvalue weighted by Crippen LogP contribution is -2.24. The predicted molar refractivity (Wildman–Crippen MR) is 126 cm³/mol. The number of halogens is 1. The Balaban J connectivity index is 1.72. The molecule has 0 aliphatic rings. The molecule has 0 unspecified atom stereocenters. The zero-order chi connectivity index (χ0) is 22.1. The molecule has 160 valence electrons. The van der Waals surface area contributed by atoms with E-state index in [2.05, 4.69) is 18.8 Å². The van der Waals surface area contributed by atoms with Crippen LogP contribution >= 0.6 is 23.4 Å². The number of aromatic nitrogens is 4. The van der Waals surface area contributed by atoms with Crippen molar-refractivity contribution in [1.82, 2.24) is 18.9 Å². The Morgan fingerprint density at radius 3 is 2.68 bits per heavy atom. The van der Waals surface area contributed by atoms with Crippen LogP contribution in [-0.2, 0) is 12.3 Å². The van der Waals surface area contributed by atoms with E-state index in [1.807, 2.05) is 19.1 Å². The van der Waals surface area contributed by atoms with Crippen LogP contribution in [0.5, 0.6) is 0 Å². The van der Waals surface area contributed by atoms with Crippen molar-refractivity contribution in [1.29, 1.82) is 0 Å². The number of benzene rings is 1. The molecule has 8 heteroatoms. The first-order chi connectivity index (χ1) is 14.8. The van der Waals surface area contributed by atoms with E-state index in [1.54, 1.807) is 33.4 Å². The molecule has 4 aromatic rings. The zero-order valence-corrected chi connectivity index (χ0v) is 19.2. The summed E-state index contributed by atoms with van der Waals surface area (Å²) in [5, 5.41) is 1.69. The van der Waals surface area contributed by atoms with Gasteiger partial charge in [-0.25, -0.2) is 9.97 Å². The number of hydrogen-bond donors (Lipinski definition) is 0. The van der Waals surface area contributed by atoms with E-state index < -0.39 is 0 Å². The fraction of sp³-hybridized carbons (Fsp3) is 0.304. The van der Waals surface area contributed by atoms with Gasteiger partial charge in [-0.1, -0.05) is 43.3 Å². The van der Waals surface area contributed by atoms with Crippen molar-refractivity contribution in [2.75, 3.05) is 0 Å². The molecule has 0 spiro atoms. The van der Waals surface area contributed by atoms with E-state index in [1.165, 1.54) is 17.8 Å². The topological polar surface area (TPSA) is 69.3 Å². The molecule has 6 nitrogen and oxygen atoms in total. The number of rotatable bonds is 6. The number of nitrogens with zero attached hydrogens (tertiary/aromatic N) is 4. The van der Waals surface area contributed by atoms with Gasteiger partial charge >= 0.3 is 0 Å². The Hall–Kier alpha value is -2.64. The second kappa shape index (κ2) is 8.85. The lowest BCUT2D eigenvalue weighted by molar-refractivity contribution is 0.481. The normalized spacial score (nSPS) is 11.6. The first-order valence-electron chi connectivity index (χ1n) is 10.1. The van der Waals surface area contributed by atoms with Crippen LogP contribution in [0.15, 0.2) is 57.3 Å². The monoisotopic (exact) mass is 454 g/mol. The number of aryl methyl sites for hydroxylation is 1. The van der Waals surface area contributed by atoms with Gasteiger partial charge in [0.2, 0.25) is 0 Å². The number of fused-ring (bicyclic) bond motifs is 2. The van der Waals surface area contributed by atoms with Gasteiger partial charge in [0.1, 0.15) is 5.65 Å². The van der Waals surface area contributed by atoms with E-state index >= 15 is 0 Å². The second-order valence-corrected chi connectivity index (χ2v) is 9.38. The molecule has 0 radical (unpaired) electrons. The molecular formula is C23H23ClN4O2S. The molecule has 3 heterocycles. The lowest BCUT2D eigenvalue weighted by Gasteiger charge is -2.14.